The minimum atomic E-state index is -0.0161. The van der Waals surface area contributed by atoms with E-state index < -0.39 is 0 Å². The second-order valence-electron chi connectivity index (χ2n) is 6.08. The van der Waals surface area contributed by atoms with Crippen molar-refractivity contribution in [1.82, 2.24) is 9.78 Å². The fourth-order valence-electron chi connectivity index (χ4n) is 2.55. The van der Waals surface area contributed by atoms with Crippen LogP contribution < -0.4 is 10.9 Å². The fraction of sp³-hybridized carbons (Fsp3) is 0.750. The molecular formula is C16H26BrN3O. The summed E-state index contributed by atoms with van der Waals surface area (Å²) in [5, 5.41) is 7.82. The van der Waals surface area contributed by atoms with Crippen LogP contribution in [0.4, 0.5) is 5.69 Å². The number of rotatable bonds is 9. The Morgan fingerprint density at radius 2 is 2.14 bits per heavy atom. The molecule has 1 heterocycles. The molecule has 21 heavy (non-hydrogen) atoms. The molecule has 118 valence electrons. The molecule has 0 radical (unpaired) electrons. The maximum Gasteiger partial charge on any atom is 0.283 e. The predicted octanol–water partition coefficient (Wildman–Crippen LogP) is 4.19. The van der Waals surface area contributed by atoms with Crippen LogP contribution in [0.15, 0.2) is 15.5 Å². The number of anilines is 1. The average molecular weight is 356 g/mol. The van der Waals surface area contributed by atoms with Crippen LogP contribution in [0.25, 0.3) is 0 Å². The van der Waals surface area contributed by atoms with Crippen molar-refractivity contribution in [3.63, 3.8) is 0 Å². The highest BCUT2D eigenvalue weighted by atomic mass is 79.9. The number of halogens is 1. The third kappa shape index (κ3) is 4.83. The van der Waals surface area contributed by atoms with Crippen LogP contribution in [-0.2, 0) is 6.54 Å². The zero-order chi connectivity index (χ0) is 15.2. The first kappa shape index (κ1) is 16.5. The van der Waals surface area contributed by atoms with E-state index >= 15 is 0 Å². The highest BCUT2D eigenvalue weighted by Crippen LogP contribution is 2.30. The lowest BCUT2D eigenvalue weighted by Crippen LogP contribution is -2.27. The standard InChI is InChI=1S/C16H26BrN3O/c1-3-5-7-13(6-4-2)19-14-10-18-20(11-12-8-9-12)16(21)15(14)17/h10,12-13,19H,3-9,11H2,1-2H3. The second kappa shape index (κ2) is 7.97. The van der Waals surface area contributed by atoms with Gasteiger partial charge >= 0.3 is 0 Å². The van der Waals surface area contributed by atoms with Gasteiger partial charge in [-0.1, -0.05) is 33.1 Å². The van der Waals surface area contributed by atoms with E-state index in [9.17, 15) is 4.79 Å². The van der Waals surface area contributed by atoms with Crippen molar-refractivity contribution in [2.45, 2.75) is 71.4 Å². The van der Waals surface area contributed by atoms with Gasteiger partial charge in [-0.25, -0.2) is 4.68 Å². The van der Waals surface area contributed by atoms with Crippen LogP contribution in [0.3, 0.4) is 0 Å². The van der Waals surface area contributed by atoms with E-state index in [0.717, 1.165) is 31.5 Å². The van der Waals surface area contributed by atoms with Gasteiger partial charge in [0.1, 0.15) is 4.47 Å². The van der Waals surface area contributed by atoms with Crippen molar-refractivity contribution in [2.75, 3.05) is 5.32 Å². The van der Waals surface area contributed by atoms with Gasteiger partial charge in [-0.05, 0) is 47.5 Å². The smallest absolute Gasteiger partial charge is 0.283 e. The normalized spacial score (nSPS) is 16.0. The van der Waals surface area contributed by atoms with Crippen LogP contribution >= 0.6 is 15.9 Å². The summed E-state index contributed by atoms with van der Waals surface area (Å²) in [5.41, 5.74) is 0.819. The molecule has 0 bridgehead atoms. The second-order valence-corrected chi connectivity index (χ2v) is 6.87. The van der Waals surface area contributed by atoms with Gasteiger partial charge in [0.05, 0.1) is 11.9 Å². The summed E-state index contributed by atoms with van der Waals surface area (Å²) in [6.07, 6.45) is 10.1. The first-order valence-corrected chi connectivity index (χ1v) is 8.97. The third-order valence-corrected chi connectivity index (χ3v) is 4.78. The Labute approximate surface area is 135 Å². The van der Waals surface area contributed by atoms with Gasteiger partial charge in [0, 0.05) is 12.6 Å². The Balaban J connectivity index is 2.07. The summed E-state index contributed by atoms with van der Waals surface area (Å²) >= 11 is 3.45. The van der Waals surface area contributed by atoms with Crippen molar-refractivity contribution in [2.24, 2.45) is 5.92 Å². The number of nitrogens with zero attached hydrogens (tertiary/aromatic N) is 2. The zero-order valence-corrected chi connectivity index (χ0v) is 14.7. The van der Waals surface area contributed by atoms with Gasteiger partial charge in [0.15, 0.2) is 0 Å². The molecule has 1 atom stereocenters. The van der Waals surface area contributed by atoms with Crippen LogP contribution in [0.5, 0.6) is 0 Å². The lowest BCUT2D eigenvalue weighted by atomic mass is 10.1. The van der Waals surface area contributed by atoms with Gasteiger partial charge in [0.25, 0.3) is 5.56 Å². The SMILES string of the molecule is CCCCC(CCC)Nc1cnn(CC2CC2)c(=O)c1Br. The Kier molecular flexibility index (Phi) is 6.27. The third-order valence-electron chi connectivity index (χ3n) is 4.02. The van der Waals surface area contributed by atoms with Gasteiger partial charge in [0.2, 0.25) is 0 Å². The van der Waals surface area contributed by atoms with Crippen LogP contribution in [0.1, 0.15) is 58.8 Å². The van der Waals surface area contributed by atoms with Crippen LogP contribution in [-0.4, -0.2) is 15.8 Å². The van der Waals surface area contributed by atoms with Crippen molar-refractivity contribution < 1.29 is 0 Å². The van der Waals surface area contributed by atoms with Gasteiger partial charge in [-0.3, -0.25) is 4.79 Å². The fourth-order valence-corrected chi connectivity index (χ4v) is 2.97. The highest BCUT2D eigenvalue weighted by Gasteiger charge is 2.23. The molecule has 5 heteroatoms. The summed E-state index contributed by atoms with van der Waals surface area (Å²) in [6, 6.07) is 0.423. The predicted molar refractivity (Wildman–Crippen MR) is 90.8 cm³/mol. The maximum absolute atomic E-state index is 12.3. The zero-order valence-electron chi connectivity index (χ0n) is 13.1. The molecule has 4 nitrogen and oxygen atoms in total. The van der Waals surface area contributed by atoms with E-state index in [1.807, 2.05) is 0 Å². The Bertz CT molecular complexity index is 511. The van der Waals surface area contributed by atoms with Crippen molar-refractivity contribution in [1.29, 1.82) is 0 Å². The summed E-state index contributed by atoms with van der Waals surface area (Å²) in [4.78, 5) is 12.3. The van der Waals surface area contributed by atoms with Gasteiger partial charge in [-0.15, -0.1) is 0 Å². The van der Waals surface area contributed by atoms with Crippen LogP contribution in [0, 0.1) is 5.92 Å². The molecule has 2 rings (SSSR count). The highest BCUT2D eigenvalue weighted by molar-refractivity contribution is 9.10. The molecule has 1 aliphatic rings. The van der Waals surface area contributed by atoms with Gasteiger partial charge < -0.3 is 5.32 Å². The van der Waals surface area contributed by atoms with Crippen molar-refractivity contribution in [3.8, 4) is 0 Å². The van der Waals surface area contributed by atoms with E-state index in [4.69, 9.17) is 0 Å². The molecular weight excluding hydrogens is 330 g/mol. The molecule has 0 aliphatic heterocycles. The van der Waals surface area contributed by atoms with Crippen molar-refractivity contribution in [3.05, 3.63) is 21.0 Å². The first-order chi connectivity index (χ1) is 10.2. The average Bonchev–Trinajstić information content (AvgIpc) is 3.28. The maximum atomic E-state index is 12.3. The number of hydrogen-bond acceptors (Lipinski definition) is 3. The van der Waals surface area contributed by atoms with Gasteiger partial charge in [-0.2, -0.15) is 5.10 Å². The molecule has 0 amide bonds. The van der Waals surface area contributed by atoms with E-state index in [2.05, 4.69) is 40.2 Å². The van der Waals surface area contributed by atoms with E-state index in [-0.39, 0.29) is 5.56 Å². The lowest BCUT2D eigenvalue weighted by Gasteiger charge is -2.20. The minimum Gasteiger partial charge on any atom is -0.380 e. The molecule has 1 aromatic rings. The monoisotopic (exact) mass is 355 g/mol. The molecule has 1 N–H and O–H groups in total. The summed E-state index contributed by atoms with van der Waals surface area (Å²) in [5.74, 6) is 0.651. The summed E-state index contributed by atoms with van der Waals surface area (Å²) < 4.78 is 2.21. The molecule has 1 saturated carbocycles. The quantitative estimate of drug-likeness (QED) is 0.722. The van der Waals surface area contributed by atoms with E-state index in [1.165, 1.54) is 25.7 Å². The lowest BCUT2D eigenvalue weighted by molar-refractivity contribution is 0.529. The van der Waals surface area contributed by atoms with E-state index in [0.29, 0.717) is 16.4 Å². The summed E-state index contributed by atoms with van der Waals surface area (Å²) in [6.45, 7) is 5.16. The number of unbranched alkanes of at least 4 members (excludes halogenated alkanes) is 1. The molecule has 0 spiro atoms. The van der Waals surface area contributed by atoms with E-state index in [1.54, 1.807) is 10.9 Å². The molecule has 1 aliphatic carbocycles. The molecule has 0 saturated heterocycles. The number of hydrogen-bond donors (Lipinski definition) is 1. The summed E-state index contributed by atoms with van der Waals surface area (Å²) in [7, 11) is 0. The molecule has 1 unspecified atom stereocenters. The Hall–Kier alpha value is -0.840. The molecule has 1 fully saturated rings. The molecule has 1 aromatic heterocycles. The van der Waals surface area contributed by atoms with Crippen molar-refractivity contribution >= 4 is 21.6 Å². The largest absolute Gasteiger partial charge is 0.380 e. The first-order valence-electron chi connectivity index (χ1n) is 8.17. The minimum absolute atomic E-state index is 0.0161. The Morgan fingerprint density at radius 3 is 2.76 bits per heavy atom. The topological polar surface area (TPSA) is 46.9 Å². The Morgan fingerprint density at radius 1 is 1.38 bits per heavy atom. The number of nitrogens with one attached hydrogen (secondary N) is 1. The number of aromatic nitrogens is 2. The molecule has 0 aromatic carbocycles. The van der Waals surface area contributed by atoms with Crippen LogP contribution in [0.2, 0.25) is 0 Å².